The number of aromatic nitrogens is 1. The second-order valence-corrected chi connectivity index (χ2v) is 9.23. The van der Waals surface area contributed by atoms with Crippen LogP contribution in [0.3, 0.4) is 0 Å². The van der Waals surface area contributed by atoms with Gasteiger partial charge in [-0.15, -0.1) is 0 Å². The topological polar surface area (TPSA) is 115 Å². The number of ether oxygens (including phenoxy) is 1. The molecule has 1 aromatic carbocycles. The summed E-state index contributed by atoms with van der Waals surface area (Å²) >= 11 is 0. The Morgan fingerprint density at radius 2 is 1.77 bits per heavy atom. The van der Waals surface area contributed by atoms with Crippen LogP contribution < -0.4 is 14.9 Å². The van der Waals surface area contributed by atoms with Gasteiger partial charge in [0.05, 0.1) is 12.4 Å². The van der Waals surface area contributed by atoms with E-state index in [9.17, 15) is 23.1 Å². The maximum absolute atomic E-state index is 12.0. The summed E-state index contributed by atoms with van der Waals surface area (Å²) in [5, 5.41) is 9.37. The third-order valence-corrected chi connectivity index (χ3v) is 6.16. The number of sulfonamides is 1. The first-order chi connectivity index (χ1) is 14.8. The van der Waals surface area contributed by atoms with E-state index in [1.54, 1.807) is 36.7 Å². The van der Waals surface area contributed by atoms with Gasteiger partial charge in [-0.05, 0) is 43.4 Å². The number of carboxylic acid groups (broad SMARTS) is 1. The normalized spacial score (nSPS) is 12.4. The van der Waals surface area contributed by atoms with Gasteiger partial charge in [-0.2, -0.15) is 0 Å². The highest BCUT2D eigenvalue weighted by molar-refractivity contribution is 7.89. The van der Waals surface area contributed by atoms with Gasteiger partial charge < -0.3 is 14.4 Å². The van der Waals surface area contributed by atoms with Gasteiger partial charge in [0.25, 0.3) is 0 Å². The molecule has 0 saturated carbocycles. The first kappa shape index (κ1) is 24.6. The number of hydrogen-bond acceptors (Lipinski definition) is 5. The van der Waals surface area contributed by atoms with Crippen LogP contribution in [0.25, 0.3) is 0 Å². The van der Waals surface area contributed by atoms with Crippen LogP contribution in [0.2, 0.25) is 0 Å². The molecule has 0 saturated heterocycles. The molecule has 0 aliphatic carbocycles. The fourth-order valence-electron chi connectivity index (χ4n) is 2.93. The first-order valence-electron chi connectivity index (χ1n) is 10.4. The quantitative estimate of drug-likeness (QED) is 0.427. The Bertz CT molecular complexity index is 965. The molecule has 9 heteroatoms. The molecule has 0 bridgehead atoms. The largest absolute Gasteiger partial charge is 0.494 e. The summed E-state index contributed by atoms with van der Waals surface area (Å²) in [5.74, 6) is -0.617. The number of nitrogens with one attached hydrogen (secondary N) is 1. The molecular formula is C22H30N2O6S. The highest BCUT2D eigenvalue weighted by Gasteiger charge is 2.24. The van der Waals surface area contributed by atoms with E-state index in [0.717, 1.165) is 19.4 Å². The minimum atomic E-state index is -3.63. The summed E-state index contributed by atoms with van der Waals surface area (Å²) in [7, 11) is -3.63. The summed E-state index contributed by atoms with van der Waals surface area (Å²) in [6, 6.07) is 8.84. The number of aliphatic carboxylic acids is 1. The van der Waals surface area contributed by atoms with Crippen molar-refractivity contribution in [2.24, 2.45) is 0 Å². The molecule has 0 unspecified atom stereocenters. The minimum absolute atomic E-state index is 0.00777. The van der Waals surface area contributed by atoms with Crippen molar-refractivity contribution in [1.82, 2.24) is 9.29 Å². The molecule has 1 atom stereocenters. The number of aryl methyl sites for hydroxylation is 1. The minimum Gasteiger partial charge on any atom is -0.494 e. The Balaban J connectivity index is 1.78. The van der Waals surface area contributed by atoms with E-state index in [-0.39, 0.29) is 17.6 Å². The van der Waals surface area contributed by atoms with Crippen LogP contribution >= 0.6 is 0 Å². The predicted octanol–water partition coefficient (Wildman–Crippen LogP) is 2.42. The first-order valence-corrected chi connectivity index (χ1v) is 12.0. The number of unbranched alkanes of at least 4 members (excludes halogenated alkanes) is 2. The van der Waals surface area contributed by atoms with Gasteiger partial charge in [0, 0.05) is 31.1 Å². The van der Waals surface area contributed by atoms with Gasteiger partial charge in [-0.3, -0.25) is 9.59 Å². The molecule has 170 valence electrons. The lowest BCUT2D eigenvalue weighted by Gasteiger charge is -2.15. The number of pyridine rings is 1. The van der Waals surface area contributed by atoms with Gasteiger partial charge >= 0.3 is 5.97 Å². The number of carbonyl (C=O) groups is 1. The van der Waals surface area contributed by atoms with Gasteiger partial charge in [-0.25, -0.2) is 13.1 Å². The van der Waals surface area contributed by atoms with Crippen molar-refractivity contribution < 1.29 is 23.1 Å². The van der Waals surface area contributed by atoms with E-state index in [1.807, 2.05) is 11.5 Å². The van der Waals surface area contributed by atoms with E-state index in [2.05, 4.69) is 4.72 Å². The van der Waals surface area contributed by atoms with Gasteiger partial charge in [0.2, 0.25) is 10.0 Å². The average molecular weight is 451 g/mol. The van der Waals surface area contributed by atoms with Crippen molar-refractivity contribution in [3.63, 3.8) is 0 Å². The standard InChI is InChI=1S/C22H30N2O6S/c1-2-3-16-31(28,29)23-21(22(26)27)17-18-6-8-20(9-7-18)30-15-5-4-12-24-13-10-19(25)11-14-24/h6-11,13-14,21,23H,2-5,12,15-17H2,1H3,(H,26,27)/t21-/m0/s1. The molecule has 1 heterocycles. The maximum atomic E-state index is 12.0. The molecule has 2 rings (SSSR count). The van der Waals surface area contributed by atoms with E-state index < -0.39 is 22.0 Å². The lowest BCUT2D eigenvalue weighted by Crippen LogP contribution is -2.43. The molecule has 2 N–H and O–H groups in total. The number of rotatable bonds is 14. The van der Waals surface area contributed by atoms with Crippen LogP contribution in [-0.2, 0) is 27.8 Å². The number of benzene rings is 1. The zero-order valence-corrected chi connectivity index (χ0v) is 18.5. The van der Waals surface area contributed by atoms with Crippen LogP contribution in [0, 0.1) is 0 Å². The van der Waals surface area contributed by atoms with Crippen LogP contribution in [0.15, 0.2) is 53.6 Å². The highest BCUT2D eigenvalue weighted by atomic mass is 32.2. The average Bonchev–Trinajstić information content (AvgIpc) is 2.74. The van der Waals surface area contributed by atoms with E-state index in [4.69, 9.17) is 4.74 Å². The second kappa shape index (κ2) is 12.3. The maximum Gasteiger partial charge on any atom is 0.322 e. The molecule has 0 amide bonds. The Kier molecular flexibility index (Phi) is 9.74. The molecule has 0 spiro atoms. The monoisotopic (exact) mass is 450 g/mol. The molecule has 0 aliphatic heterocycles. The van der Waals surface area contributed by atoms with E-state index in [0.29, 0.717) is 30.8 Å². The Morgan fingerprint density at radius 1 is 1.10 bits per heavy atom. The molecule has 31 heavy (non-hydrogen) atoms. The smallest absolute Gasteiger partial charge is 0.322 e. The van der Waals surface area contributed by atoms with E-state index in [1.165, 1.54) is 12.1 Å². The van der Waals surface area contributed by atoms with Crippen molar-refractivity contribution in [2.75, 3.05) is 12.4 Å². The summed E-state index contributed by atoms with van der Waals surface area (Å²) in [6.07, 6.45) is 6.52. The zero-order valence-electron chi connectivity index (χ0n) is 17.7. The molecule has 8 nitrogen and oxygen atoms in total. The van der Waals surface area contributed by atoms with Crippen molar-refractivity contribution in [3.05, 3.63) is 64.6 Å². The lowest BCUT2D eigenvalue weighted by atomic mass is 10.1. The second-order valence-electron chi connectivity index (χ2n) is 7.36. The Morgan fingerprint density at radius 3 is 2.39 bits per heavy atom. The molecule has 0 fully saturated rings. The fourth-order valence-corrected chi connectivity index (χ4v) is 4.33. The number of carboxylic acids is 1. The van der Waals surface area contributed by atoms with E-state index >= 15 is 0 Å². The Labute approximate surface area is 182 Å². The molecule has 1 aromatic heterocycles. The van der Waals surface area contributed by atoms with Crippen molar-refractivity contribution in [3.8, 4) is 5.75 Å². The van der Waals surface area contributed by atoms with Crippen molar-refractivity contribution >= 4 is 16.0 Å². The van der Waals surface area contributed by atoms with Gasteiger partial charge in [-0.1, -0.05) is 25.5 Å². The number of nitrogens with zero attached hydrogens (tertiary/aromatic N) is 1. The fraction of sp³-hybridized carbons (Fsp3) is 0.455. The van der Waals surface area contributed by atoms with Crippen molar-refractivity contribution in [2.45, 2.75) is 51.6 Å². The molecular weight excluding hydrogens is 420 g/mol. The zero-order chi connectivity index (χ0) is 22.7. The van der Waals surface area contributed by atoms with Crippen LogP contribution in [0.5, 0.6) is 5.75 Å². The third-order valence-electron chi connectivity index (χ3n) is 4.69. The van der Waals surface area contributed by atoms with Gasteiger partial charge in [0.1, 0.15) is 11.8 Å². The molecule has 0 aliphatic rings. The van der Waals surface area contributed by atoms with Crippen molar-refractivity contribution in [1.29, 1.82) is 0 Å². The predicted molar refractivity (Wildman–Crippen MR) is 119 cm³/mol. The summed E-state index contributed by atoms with van der Waals surface area (Å²) in [5.41, 5.74) is 0.697. The summed E-state index contributed by atoms with van der Waals surface area (Å²) < 4.78 is 34.0. The van der Waals surface area contributed by atoms with Crippen LogP contribution in [-0.4, -0.2) is 42.5 Å². The molecule has 0 radical (unpaired) electrons. The molecule has 2 aromatic rings. The SMILES string of the molecule is CCCCS(=O)(=O)N[C@@H](Cc1ccc(OCCCCn2ccc(=O)cc2)cc1)C(=O)O. The Hall–Kier alpha value is -2.65. The third kappa shape index (κ3) is 9.35. The highest BCUT2D eigenvalue weighted by Crippen LogP contribution is 2.15. The van der Waals surface area contributed by atoms with Crippen LogP contribution in [0.1, 0.15) is 38.2 Å². The lowest BCUT2D eigenvalue weighted by molar-refractivity contribution is -0.138. The summed E-state index contributed by atoms with van der Waals surface area (Å²) in [4.78, 5) is 22.6. The summed E-state index contributed by atoms with van der Waals surface area (Å²) in [6.45, 7) is 3.21. The number of hydrogen-bond donors (Lipinski definition) is 2. The van der Waals surface area contributed by atoms with Gasteiger partial charge in [0.15, 0.2) is 5.43 Å². The van der Waals surface area contributed by atoms with Crippen LogP contribution in [0.4, 0.5) is 0 Å².